The van der Waals surface area contributed by atoms with Gasteiger partial charge in [-0.25, -0.2) is 19.7 Å². The van der Waals surface area contributed by atoms with Crippen LogP contribution in [0.4, 0.5) is 16.3 Å². The lowest BCUT2D eigenvalue weighted by Gasteiger charge is -2.35. The van der Waals surface area contributed by atoms with Crippen molar-refractivity contribution in [3.63, 3.8) is 0 Å². The van der Waals surface area contributed by atoms with Crippen LogP contribution in [0.1, 0.15) is 28.7 Å². The summed E-state index contributed by atoms with van der Waals surface area (Å²) in [5, 5.41) is 0. The molecular formula is C20H24N6O3. The second kappa shape index (κ2) is 7.65. The molecule has 0 saturated carbocycles. The molecule has 2 aliphatic rings. The summed E-state index contributed by atoms with van der Waals surface area (Å²) in [5.41, 5.74) is 2.80. The standard InChI is InChI=1S/C20H24N6O3/c1-13-8-14(2)18(23-9-13)24-4-6-25(7-5-24)19(27)17-21-10-16(11-22-17)26-15(3)12-29-20(26)28/h8-11,15H,4-7,12H2,1-3H3/t15-/m1/s1. The van der Waals surface area contributed by atoms with E-state index in [1.54, 1.807) is 4.90 Å². The fourth-order valence-electron chi connectivity index (χ4n) is 3.73. The Bertz CT molecular complexity index is 924. The van der Waals surface area contributed by atoms with Gasteiger partial charge in [-0.05, 0) is 31.9 Å². The normalized spacial score (nSPS) is 19.5. The Morgan fingerprint density at radius 2 is 1.76 bits per heavy atom. The van der Waals surface area contributed by atoms with Crippen molar-refractivity contribution in [1.82, 2.24) is 19.9 Å². The molecule has 29 heavy (non-hydrogen) atoms. The topological polar surface area (TPSA) is 91.8 Å². The SMILES string of the molecule is Cc1cnc(N2CCN(C(=O)c3ncc(N4C(=O)OC[C@H]4C)cn3)CC2)c(C)c1. The number of amides is 2. The molecule has 0 aromatic carbocycles. The van der Waals surface area contributed by atoms with E-state index in [-0.39, 0.29) is 17.8 Å². The van der Waals surface area contributed by atoms with Gasteiger partial charge in [0.15, 0.2) is 0 Å². The summed E-state index contributed by atoms with van der Waals surface area (Å²) < 4.78 is 5.01. The lowest BCUT2D eigenvalue weighted by atomic mass is 10.2. The molecule has 4 heterocycles. The van der Waals surface area contributed by atoms with Gasteiger partial charge in [0.2, 0.25) is 5.82 Å². The Hall–Kier alpha value is -3.23. The van der Waals surface area contributed by atoms with Gasteiger partial charge in [0.05, 0.1) is 24.1 Å². The lowest BCUT2D eigenvalue weighted by Crippen LogP contribution is -2.49. The first-order valence-electron chi connectivity index (χ1n) is 9.69. The predicted octanol–water partition coefficient (Wildman–Crippen LogP) is 1.80. The molecule has 9 heteroatoms. The summed E-state index contributed by atoms with van der Waals surface area (Å²) in [4.78, 5) is 42.9. The zero-order valence-corrected chi connectivity index (χ0v) is 16.8. The fourth-order valence-corrected chi connectivity index (χ4v) is 3.73. The van der Waals surface area contributed by atoms with Crippen LogP contribution in [-0.2, 0) is 4.74 Å². The van der Waals surface area contributed by atoms with E-state index < -0.39 is 6.09 Å². The van der Waals surface area contributed by atoms with Gasteiger partial charge in [0.25, 0.3) is 5.91 Å². The second-order valence-electron chi connectivity index (χ2n) is 7.49. The van der Waals surface area contributed by atoms with Gasteiger partial charge >= 0.3 is 6.09 Å². The van der Waals surface area contributed by atoms with Crippen LogP contribution in [0, 0.1) is 13.8 Å². The average Bonchev–Trinajstić information content (AvgIpc) is 3.06. The highest BCUT2D eigenvalue weighted by molar-refractivity contribution is 5.92. The second-order valence-corrected chi connectivity index (χ2v) is 7.49. The van der Waals surface area contributed by atoms with Crippen molar-refractivity contribution in [2.75, 3.05) is 42.6 Å². The molecule has 0 aliphatic carbocycles. The highest BCUT2D eigenvalue weighted by Crippen LogP contribution is 2.22. The van der Waals surface area contributed by atoms with Crippen molar-refractivity contribution in [2.45, 2.75) is 26.8 Å². The van der Waals surface area contributed by atoms with E-state index in [1.807, 2.05) is 20.0 Å². The molecule has 0 unspecified atom stereocenters. The molecule has 9 nitrogen and oxygen atoms in total. The molecule has 4 rings (SSSR count). The minimum absolute atomic E-state index is 0.0837. The van der Waals surface area contributed by atoms with E-state index in [2.05, 4.69) is 32.8 Å². The summed E-state index contributed by atoms with van der Waals surface area (Å²) in [5.74, 6) is 0.892. The van der Waals surface area contributed by atoms with Gasteiger partial charge in [-0.1, -0.05) is 6.07 Å². The van der Waals surface area contributed by atoms with Crippen LogP contribution >= 0.6 is 0 Å². The Kier molecular flexibility index (Phi) is 5.04. The molecule has 1 atom stereocenters. The van der Waals surface area contributed by atoms with Crippen LogP contribution in [0.5, 0.6) is 0 Å². The number of anilines is 2. The number of aryl methyl sites for hydroxylation is 2. The number of hydrogen-bond donors (Lipinski definition) is 0. The van der Waals surface area contributed by atoms with Gasteiger partial charge in [-0.2, -0.15) is 0 Å². The van der Waals surface area contributed by atoms with Crippen molar-refractivity contribution < 1.29 is 14.3 Å². The first-order valence-corrected chi connectivity index (χ1v) is 9.69. The zero-order chi connectivity index (χ0) is 20.5. The lowest BCUT2D eigenvalue weighted by molar-refractivity contribution is 0.0734. The average molecular weight is 396 g/mol. The van der Waals surface area contributed by atoms with E-state index in [1.165, 1.54) is 17.3 Å². The smallest absolute Gasteiger partial charge is 0.414 e. The van der Waals surface area contributed by atoms with Crippen LogP contribution < -0.4 is 9.80 Å². The first kappa shape index (κ1) is 19.1. The van der Waals surface area contributed by atoms with Crippen molar-refractivity contribution in [1.29, 1.82) is 0 Å². The summed E-state index contributed by atoms with van der Waals surface area (Å²) in [6.07, 6.45) is 4.45. The Balaban J connectivity index is 1.40. The number of carbonyl (C=O) groups is 2. The van der Waals surface area contributed by atoms with Crippen LogP contribution in [-0.4, -0.2) is 70.7 Å². The number of carbonyl (C=O) groups excluding carboxylic acids is 2. The van der Waals surface area contributed by atoms with Crippen molar-refractivity contribution >= 4 is 23.5 Å². The zero-order valence-electron chi connectivity index (χ0n) is 16.8. The molecule has 0 bridgehead atoms. The summed E-state index contributed by atoms with van der Waals surface area (Å²) in [6.45, 7) is 8.87. The van der Waals surface area contributed by atoms with Crippen LogP contribution in [0.15, 0.2) is 24.7 Å². The van der Waals surface area contributed by atoms with Gasteiger partial charge in [-0.3, -0.25) is 9.69 Å². The largest absolute Gasteiger partial charge is 0.447 e. The van der Waals surface area contributed by atoms with Crippen molar-refractivity contribution in [3.05, 3.63) is 41.6 Å². The predicted molar refractivity (Wildman–Crippen MR) is 107 cm³/mol. The fraction of sp³-hybridized carbons (Fsp3) is 0.450. The van der Waals surface area contributed by atoms with Gasteiger partial charge in [0.1, 0.15) is 12.4 Å². The summed E-state index contributed by atoms with van der Waals surface area (Å²) in [7, 11) is 0. The van der Waals surface area contributed by atoms with E-state index in [4.69, 9.17) is 4.74 Å². The number of piperazine rings is 1. The molecule has 2 aromatic rings. The Labute approximate surface area is 169 Å². The van der Waals surface area contributed by atoms with Crippen LogP contribution in [0.25, 0.3) is 0 Å². The van der Waals surface area contributed by atoms with E-state index >= 15 is 0 Å². The van der Waals surface area contributed by atoms with E-state index in [0.29, 0.717) is 38.5 Å². The van der Waals surface area contributed by atoms with Crippen molar-refractivity contribution in [3.8, 4) is 0 Å². The molecule has 0 N–H and O–H groups in total. The van der Waals surface area contributed by atoms with Gasteiger partial charge < -0.3 is 14.5 Å². The van der Waals surface area contributed by atoms with E-state index in [0.717, 1.165) is 16.9 Å². The summed E-state index contributed by atoms with van der Waals surface area (Å²) >= 11 is 0. The number of rotatable bonds is 3. The maximum absolute atomic E-state index is 12.8. The third kappa shape index (κ3) is 3.72. The number of pyridine rings is 1. The van der Waals surface area contributed by atoms with Crippen LogP contribution in [0.2, 0.25) is 0 Å². The molecule has 0 spiro atoms. The first-order chi connectivity index (χ1) is 13.9. The number of nitrogens with zero attached hydrogens (tertiary/aromatic N) is 6. The number of cyclic esters (lactones) is 1. The molecule has 2 saturated heterocycles. The monoisotopic (exact) mass is 396 g/mol. The highest BCUT2D eigenvalue weighted by Gasteiger charge is 2.32. The highest BCUT2D eigenvalue weighted by atomic mass is 16.6. The Morgan fingerprint density at radius 1 is 1.07 bits per heavy atom. The third-order valence-corrected chi connectivity index (χ3v) is 5.25. The van der Waals surface area contributed by atoms with Gasteiger partial charge in [-0.15, -0.1) is 0 Å². The quantitative estimate of drug-likeness (QED) is 0.781. The minimum atomic E-state index is -0.420. The molecule has 2 amide bonds. The molecule has 152 valence electrons. The third-order valence-electron chi connectivity index (χ3n) is 5.25. The number of ether oxygens (including phenoxy) is 1. The summed E-state index contributed by atoms with van der Waals surface area (Å²) in [6, 6.07) is 2.03. The molecular weight excluding hydrogens is 372 g/mol. The molecule has 2 fully saturated rings. The maximum atomic E-state index is 12.8. The maximum Gasteiger partial charge on any atom is 0.414 e. The molecule has 0 radical (unpaired) electrons. The van der Waals surface area contributed by atoms with Crippen molar-refractivity contribution in [2.24, 2.45) is 0 Å². The Morgan fingerprint density at radius 3 is 2.34 bits per heavy atom. The molecule has 2 aromatic heterocycles. The van der Waals surface area contributed by atoms with E-state index in [9.17, 15) is 9.59 Å². The number of hydrogen-bond acceptors (Lipinski definition) is 7. The minimum Gasteiger partial charge on any atom is -0.447 e. The number of aromatic nitrogens is 3. The molecule has 2 aliphatic heterocycles. The van der Waals surface area contributed by atoms with Gasteiger partial charge in [0, 0.05) is 32.4 Å². The van der Waals surface area contributed by atoms with Crippen LogP contribution in [0.3, 0.4) is 0 Å².